The lowest BCUT2D eigenvalue weighted by Gasteiger charge is -2.45. The molecule has 0 radical (unpaired) electrons. The van der Waals surface area contributed by atoms with Gasteiger partial charge in [0.2, 0.25) is 5.95 Å². The topological polar surface area (TPSA) is 61.7 Å². The maximum Gasteiger partial charge on any atom is 0.225 e. The Morgan fingerprint density at radius 1 is 1.18 bits per heavy atom. The molecular weight excluding hydrogens is 280 g/mol. The van der Waals surface area contributed by atoms with Crippen molar-refractivity contribution >= 4 is 5.95 Å². The molecule has 3 rings (SSSR count). The van der Waals surface area contributed by atoms with Crippen molar-refractivity contribution in [3.05, 3.63) is 18.5 Å². The lowest BCUT2D eigenvalue weighted by atomic mass is 9.87. The van der Waals surface area contributed by atoms with Gasteiger partial charge in [-0.1, -0.05) is 0 Å². The Morgan fingerprint density at radius 3 is 2.68 bits per heavy atom. The zero-order valence-corrected chi connectivity index (χ0v) is 13.1. The van der Waals surface area contributed by atoms with Gasteiger partial charge < -0.3 is 14.7 Å². The number of rotatable bonds is 5. The predicted molar refractivity (Wildman–Crippen MR) is 84.9 cm³/mol. The van der Waals surface area contributed by atoms with Gasteiger partial charge in [0, 0.05) is 51.2 Å². The van der Waals surface area contributed by atoms with Gasteiger partial charge in [0.05, 0.1) is 13.2 Å². The van der Waals surface area contributed by atoms with Crippen LogP contribution in [0.25, 0.3) is 0 Å². The van der Waals surface area contributed by atoms with Crippen LogP contribution in [-0.4, -0.2) is 72.0 Å². The Bertz CT molecular complexity index is 439. The summed E-state index contributed by atoms with van der Waals surface area (Å²) in [6.45, 7) is 6.00. The molecule has 0 aliphatic carbocycles. The lowest BCUT2D eigenvalue weighted by molar-refractivity contribution is -0.00420. The molecule has 6 nitrogen and oxygen atoms in total. The van der Waals surface area contributed by atoms with Gasteiger partial charge in [-0.2, -0.15) is 0 Å². The Hall–Kier alpha value is -1.24. The molecule has 0 spiro atoms. The Kier molecular flexibility index (Phi) is 5.58. The van der Waals surface area contributed by atoms with Gasteiger partial charge in [0.15, 0.2) is 0 Å². The highest BCUT2D eigenvalue weighted by molar-refractivity contribution is 5.29. The van der Waals surface area contributed by atoms with Crippen LogP contribution in [0.3, 0.4) is 0 Å². The Balaban J connectivity index is 1.67. The van der Waals surface area contributed by atoms with E-state index >= 15 is 0 Å². The molecule has 2 aliphatic rings. The van der Waals surface area contributed by atoms with E-state index in [2.05, 4.69) is 19.8 Å². The second kappa shape index (κ2) is 7.85. The SMILES string of the molecule is OCCC[C@@H]1CN(c2ncccn2)CC[C@@H]1N1CCOCC1. The number of aliphatic hydroxyl groups excluding tert-OH is 1. The van der Waals surface area contributed by atoms with E-state index in [-0.39, 0.29) is 6.61 Å². The van der Waals surface area contributed by atoms with E-state index in [1.165, 1.54) is 0 Å². The summed E-state index contributed by atoms with van der Waals surface area (Å²) in [5.41, 5.74) is 0. The Labute approximate surface area is 132 Å². The minimum atomic E-state index is 0.272. The summed E-state index contributed by atoms with van der Waals surface area (Å²) >= 11 is 0. The summed E-state index contributed by atoms with van der Waals surface area (Å²) in [5, 5.41) is 9.20. The molecular formula is C16H26N4O2. The Morgan fingerprint density at radius 2 is 1.95 bits per heavy atom. The molecule has 3 heterocycles. The minimum Gasteiger partial charge on any atom is -0.396 e. The van der Waals surface area contributed by atoms with Crippen LogP contribution >= 0.6 is 0 Å². The summed E-state index contributed by atoms with van der Waals surface area (Å²) in [6.07, 6.45) is 6.67. The van der Waals surface area contributed by atoms with Crippen molar-refractivity contribution in [1.82, 2.24) is 14.9 Å². The average Bonchev–Trinajstić information content (AvgIpc) is 2.61. The number of aromatic nitrogens is 2. The summed E-state index contributed by atoms with van der Waals surface area (Å²) < 4.78 is 5.49. The van der Waals surface area contributed by atoms with Crippen LogP contribution in [-0.2, 0) is 4.74 Å². The number of hydrogen-bond donors (Lipinski definition) is 1. The molecule has 2 aliphatic heterocycles. The van der Waals surface area contributed by atoms with Crippen LogP contribution in [0.4, 0.5) is 5.95 Å². The van der Waals surface area contributed by atoms with E-state index in [9.17, 15) is 5.11 Å². The molecule has 1 N–H and O–H groups in total. The third kappa shape index (κ3) is 3.74. The predicted octanol–water partition coefficient (Wildman–Crippen LogP) is 0.776. The van der Waals surface area contributed by atoms with Crippen molar-refractivity contribution in [2.24, 2.45) is 5.92 Å². The van der Waals surface area contributed by atoms with E-state index in [0.29, 0.717) is 12.0 Å². The van der Waals surface area contributed by atoms with Gasteiger partial charge in [0.25, 0.3) is 0 Å². The van der Waals surface area contributed by atoms with Crippen molar-refractivity contribution in [1.29, 1.82) is 0 Å². The molecule has 2 saturated heterocycles. The van der Waals surface area contributed by atoms with Crippen LogP contribution in [0, 0.1) is 5.92 Å². The third-order valence-electron chi connectivity index (χ3n) is 4.78. The normalized spacial score (nSPS) is 27.0. The third-order valence-corrected chi connectivity index (χ3v) is 4.78. The van der Waals surface area contributed by atoms with Gasteiger partial charge in [-0.05, 0) is 31.2 Å². The second-order valence-corrected chi connectivity index (χ2v) is 6.13. The first kappa shape index (κ1) is 15.6. The van der Waals surface area contributed by atoms with Gasteiger partial charge in [0.1, 0.15) is 0 Å². The molecule has 1 aromatic rings. The van der Waals surface area contributed by atoms with E-state index in [0.717, 1.165) is 64.6 Å². The van der Waals surface area contributed by atoms with E-state index in [1.54, 1.807) is 12.4 Å². The molecule has 122 valence electrons. The van der Waals surface area contributed by atoms with Gasteiger partial charge in [-0.15, -0.1) is 0 Å². The first-order valence-electron chi connectivity index (χ1n) is 8.33. The van der Waals surface area contributed by atoms with Crippen molar-refractivity contribution < 1.29 is 9.84 Å². The molecule has 0 bridgehead atoms. The van der Waals surface area contributed by atoms with Crippen molar-refractivity contribution in [3.63, 3.8) is 0 Å². The van der Waals surface area contributed by atoms with Crippen molar-refractivity contribution in [2.45, 2.75) is 25.3 Å². The highest BCUT2D eigenvalue weighted by Gasteiger charge is 2.34. The molecule has 6 heteroatoms. The summed E-state index contributed by atoms with van der Waals surface area (Å²) in [5.74, 6) is 1.39. The molecule has 22 heavy (non-hydrogen) atoms. The second-order valence-electron chi connectivity index (χ2n) is 6.13. The first-order valence-corrected chi connectivity index (χ1v) is 8.33. The maximum atomic E-state index is 9.20. The van der Waals surface area contributed by atoms with Crippen LogP contribution in [0.15, 0.2) is 18.5 Å². The van der Waals surface area contributed by atoms with Gasteiger partial charge in [-0.3, -0.25) is 4.90 Å². The molecule has 0 saturated carbocycles. The number of ether oxygens (including phenoxy) is 1. The fourth-order valence-electron chi connectivity index (χ4n) is 3.68. The number of hydrogen-bond acceptors (Lipinski definition) is 6. The van der Waals surface area contributed by atoms with E-state index in [4.69, 9.17) is 4.74 Å². The van der Waals surface area contributed by atoms with Crippen LogP contribution < -0.4 is 4.90 Å². The molecule has 0 unspecified atom stereocenters. The monoisotopic (exact) mass is 306 g/mol. The fourth-order valence-corrected chi connectivity index (χ4v) is 3.68. The number of piperidine rings is 1. The number of morpholine rings is 1. The number of anilines is 1. The highest BCUT2D eigenvalue weighted by atomic mass is 16.5. The summed E-state index contributed by atoms with van der Waals surface area (Å²) in [6, 6.07) is 2.45. The molecule has 1 aromatic heterocycles. The standard InChI is InChI=1S/C16H26N4O2/c21-10-1-3-14-13-20(16-17-5-2-6-18-16)7-4-15(14)19-8-11-22-12-9-19/h2,5-6,14-15,21H,1,3-4,7-13H2/t14-,15+/m1/s1. The van der Waals surface area contributed by atoms with E-state index in [1.807, 2.05) is 6.07 Å². The largest absolute Gasteiger partial charge is 0.396 e. The summed E-state index contributed by atoms with van der Waals surface area (Å²) in [7, 11) is 0. The lowest BCUT2D eigenvalue weighted by Crippen LogP contribution is -2.54. The van der Waals surface area contributed by atoms with Crippen molar-refractivity contribution in [3.8, 4) is 0 Å². The molecule has 0 aromatic carbocycles. The van der Waals surface area contributed by atoms with E-state index < -0.39 is 0 Å². The van der Waals surface area contributed by atoms with Crippen LogP contribution in [0.1, 0.15) is 19.3 Å². The average molecular weight is 306 g/mol. The quantitative estimate of drug-likeness (QED) is 0.867. The fraction of sp³-hybridized carbons (Fsp3) is 0.750. The minimum absolute atomic E-state index is 0.272. The van der Waals surface area contributed by atoms with Gasteiger partial charge in [-0.25, -0.2) is 9.97 Å². The smallest absolute Gasteiger partial charge is 0.225 e. The van der Waals surface area contributed by atoms with Crippen LogP contribution in [0.2, 0.25) is 0 Å². The van der Waals surface area contributed by atoms with Crippen LogP contribution in [0.5, 0.6) is 0 Å². The van der Waals surface area contributed by atoms with Crippen molar-refractivity contribution in [2.75, 3.05) is 50.9 Å². The molecule has 0 amide bonds. The van der Waals surface area contributed by atoms with Gasteiger partial charge >= 0.3 is 0 Å². The first-order chi connectivity index (χ1) is 10.9. The summed E-state index contributed by atoms with van der Waals surface area (Å²) in [4.78, 5) is 13.6. The maximum absolute atomic E-state index is 9.20. The number of nitrogens with zero attached hydrogens (tertiary/aromatic N) is 4. The highest BCUT2D eigenvalue weighted by Crippen LogP contribution is 2.28. The zero-order chi connectivity index (χ0) is 15.2. The zero-order valence-electron chi connectivity index (χ0n) is 13.1. The number of aliphatic hydroxyl groups is 1. The molecule has 2 fully saturated rings. The molecule has 2 atom stereocenters.